The minimum atomic E-state index is 0.531. The number of likely N-dealkylation sites (tertiary alicyclic amines) is 1. The Morgan fingerprint density at radius 3 is 2.40 bits per heavy atom. The van der Waals surface area contributed by atoms with Crippen LogP contribution in [0.4, 0.5) is 0 Å². The first-order valence-corrected chi connectivity index (χ1v) is 8.66. The van der Waals surface area contributed by atoms with Crippen LogP contribution in [-0.4, -0.2) is 36.6 Å². The highest BCUT2D eigenvalue weighted by Gasteiger charge is 2.16. The van der Waals surface area contributed by atoms with Gasteiger partial charge in [-0.2, -0.15) is 0 Å². The van der Waals surface area contributed by atoms with Crippen molar-refractivity contribution in [2.45, 2.75) is 51.6 Å². The quantitative estimate of drug-likeness (QED) is 0.847. The molecule has 1 fully saturated rings. The molecule has 0 amide bonds. The second-order valence-electron chi connectivity index (χ2n) is 6.09. The molecule has 1 heterocycles. The van der Waals surface area contributed by atoms with E-state index < -0.39 is 0 Å². The molecule has 2 nitrogen and oxygen atoms in total. The molecule has 1 N–H and O–H groups in total. The van der Waals surface area contributed by atoms with Crippen molar-refractivity contribution < 1.29 is 0 Å². The fraction of sp³-hybridized carbons (Fsp3) is 0.647. The fourth-order valence-corrected chi connectivity index (χ4v) is 3.17. The summed E-state index contributed by atoms with van der Waals surface area (Å²) in [4.78, 5) is 2.63. The molecule has 1 aliphatic heterocycles. The number of nitrogens with one attached hydrogen (secondary N) is 1. The van der Waals surface area contributed by atoms with Gasteiger partial charge in [-0.3, -0.25) is 4.90 Å². The average Bonchev–Trinajstić information content (AvgIpc) is 2.48. The summed E-state index contributed by atoms with van der Waals surface area (Å²) in [6, 6.07) is 9.84. The van der Waals surface area contributed by atoms with Crippen LogP contribution >= 0.6 is 15.9 Å². The molecule has 0 aromatic heterocycles. The van der Waals surface area contributed by atoms with Crippen molar-refractivity contribution in [2.75, 3.05) is 19.6 Å². The predicted molar refractivity (Wildman–Crippen MR) is 90.2 cm³/mol. The van der Waals surface area contributed by atoms with Crippen LogP contribution in [0.5, 0.6) is 0 Å². The van der Waals surface area contributed by atoms with Gasteiger partial charge in [0.05, 0.1) is 0 Å². The highest BCUT2D eigenvalue weighted by atomic mass is 79.9. The Bertz CT molecular complexity index is 384. The number of benzene rings is 1. The first-order valence-electron chi connectivity index (χ1n) is 7.87. The predicted octanol–water partition coefficient (Wildman–Crippen LogP) is 3.84. The molecule has 2 unspecified atom stereocenters. The van der Waals surface area contributed by atoms with Gasteiger partial charge in [-0.15, -0.1) is 0 Å². The summed E-state index contributed by atoms with van der Waals surface area (Å²) in [7, 11) is 0. The van der Waals surface area contributed by atoms with Gasteiger partial charge >= 0.3 is 0 Å². The van der Waals surface area contributed by atoms with E-state index in [-0.39, 0.29) is 0 Å². The Balaban J connectivity index is 1.71. The molecule has 20 heavy (non-hydrogen) atoms. The van der Waals surface area contributed by atoms with Crippen molar-refractivity contribution >= 4 is 15.9 Å². The number of hydrogen-bond donors (Lipinski definition) is 1. The van der Waals surface area contributed by atoms with Gasteiger partial charge in [-0.05, 0) is 63.9 Å². The highest BCUT2D eigenvalue weighted by molar-refractivity contribution is 9.10. The van der Waals surface area contributed by atoms with E-state index in [0.29, 0.717) is 12.1 Å². The minimum absolute atomic E-state index is 0.531. The van der Waals surface area contributed by atoms with E-state index in [2.05, 4.69) is 64.3 Å². The smallest absolute Gasteiger partial charge is 0.0192 e. The van der Waals surface area contributed by atoms with Gasteiger partial charge in [-0.25, -0.2) is 0 Å². The topological polar surface area (TPSA) is 15.3 Å². The first-order chi connectivity index (χ1) is 9.65. The maximum absolute atomic E-state index is 3.69. The molecular formula is C17H27BrN2. The number of piperidine rings is 1. The zero-order valence-electron chi connectivity index (χ0n) is 12.7. The van der Waals surface area contributed by atoms with Gasteiger partial charge in [0, 0.05) is 23.1 Å². The number of nitrogens with zero attached hydrogens (tertiary/aromatic N) is 1. The van der Waals surface area contributed by atoms with Crippen molar-refractivity contribution in [1.29, 1.82) is 0 Å². The molecule has 0 bridgehead atoms. The Morgan fingerprint density at radius 1 is 1.10 bits per heavy atom. The standard InChI is InChI=1S/C17H27BrN2/c1-14(12-16-6-8-17(18)9-7-16)19-13-15(2)20-10-4-3-5-11-20/h6-9,14-15,19H,3-5,10-13H2,1-2H3. The van der Waals surface area contributed by atoms with Crippen molar-refractivity contribution in [3.05, 3.63) is 34.3 Å². The molecule has 0 aliphatic carbocycles. The lowest BCUT2D eigenvalue weighted by atomic mass is 10.1. The van der Waals surface area contributed by atoms with Crippen LogP contribution in [-0.2, 0) is 6.42 Å². The second kappa shape index (κ2) is 8.16. The van der Waals surface area contributed by atoms with E-state index in [1.165, 1.54) is 37.9 Å². The molecule has 0 saturated carbocycles. The third-order valence-electron chi connectivity index (χ3n) is 4.23. The molecular weight excluding hydrogens is 312 g/mol. The van der Waals surface area contributed by atoms with Gasteiger partial charge < -0.3 is 5.32 Å². The van der Waals surface area contributed by atoms with Gasteiger partial charge in [0.1, 0.15) is 0 Å². The number of hydrogen-bond acceptors (Lipinski definition) is 2. The van der Waals surface area contributed by atoms with Gasteiger partial charge in [0.15, 0.2) is 0 Å². The third kappa shape index (κ3) is 5.19. The van der Waals surface area contributed by atoms with Crippen LogP contribution in [0, 0.1) is 0 Å². The first kappa shape index (κ1) is 16.0. The summed E-state index contributed by atoms with van der Waals surface area (Å²) in [6.45, 7) is 8.29. The minimum Gasteiger partial charge on any atom is -0.312 e. The third-order valence-corrected chi connectivity index (χ3v) is 4.76. The number of halogens is 1. The zero-order valence-corrected chi connectivity index (χ0v) is 14.3. The Labute approximate surface area is 132 Å². The summed E-state index contributed by atoms with van der Waals surface area (Å²) in [5.74, 6) is 0. The fourth-order valence-electron chi connectivity index (χ4n) is 2.91. The van der Waals surface area contributed by atoms with E-state index >= 15 is 0 Å². The lowest BCUT2D eigenvalue weighted by Crippen LogP contribution is -2.45. The second-order valence-corrected chi connectivity index (χ2v) is 7.00. The van der Waals surface area contributed by atoms with E-state index in [4.69, 9.17) is 0 Å². The van der Waals surface area contributed by atoms with Gasteiger partial charge in [0.2, 0.25) is 0 Å². The molecule has 2 atom stereocenters. The summed E-state index contributed by atoms with van der Waals surface area (Å²) in [5, 5.41) is 3.69. The van der Waals surface area contributed by atoms with Crippen molar-refractivity contribution in [1.82, 2.24) is 10.2 Å². The molecule has 0 spiro atoms. The van der Waals surface area contributed by atoms with Gasteiger partial charge in [0.25, 0.3) is 0 Å². The molecule has 1 aliphatic rings. The monoisotopic (exact) mass is 338 g/mol. The lowest BCUT2D eigenvalue weighted by Gasteiger charge is -2.33. The molecule has 3 heteroatoms. The Kier molecular flexibility index (Phi) is 6.53. The average molecular weight is 339 g/mol. The Morgan fingerprint density at radius 2 is 1.75 bits per heavy atom. The van der Waals surface area contributed by atoms with Crippen LogP contribution in [0.3, 0.4) is 0 Å². The van der Waals surface area contributed by atoms with Crippen LogP contribution in [0.15, 0.2) is 28.7 Å². The van der Waals surface area contributed by atoms with Gasteiger partial charge in [-0.1, -0.05) is 34.5 Å². The van der Waals surface area contributed by atoms with E-state index in [9.17, 15) is 0 Å². The van der Waals surface area contributed by atoms with Crippen LogP contribution in [0.25, 0.3) is 0 Å². The lowest BCUT2D eigenvalue weighted by molar-refractivity contribution is 0.168. The van der Waals surface area contributed by atoms with E-state index in [1.807, 2.05) is 0 Å². The SMILES string of the molecule is CC(Cc1ccc(Br)cc1)NCC(C)N1CCCCC1. The molecule has 1 aromatic rings. The molecule has 1 saturated heterocycles. The van der Waals surface area contributed by atoms with Crippen molar-refractivity contribution in [2.24, 2.45) is 0 Å². The number of rotatable bonds is 6. The maximum Gasteiger partial charge on any atom is 0.0192 e. The largest absolute Gasteiger partial charge is 0.312 e. The Hall–Kier alpha value is -0.380. The van der Waals surface area contributed by atoms with Crippen molar-refractivity contribution in [3.63, 3.8) is 0 Å². The van der Waals surface area contributed by atoms with Crippen LogP contribution in [0.2, 0.25) is 0 Å². The summed E-state index contributed by atoms with van der Waals surface area (Å²) in [5.41, 5.74) is 1.40. The van der Waals surface area contributed by atoms with Crippen molar-refractivity contribution in [3.8, 4) is 0 Å². The molecule has 2 rings (SSSR count). The molecule has 1 aromatic carbocycles. The van der Waals surface area contributed by atoms with E-state index in [0.717, 1.165) is 17.4 Å². The maximum atomic E-state index is 3.69. The zero-order chi connectivity index (χ0) is 14.4. The summed E-state index contributed by atoms with van der Waals surface area (Å²) in [6.07, 6.45) is 5.26. The molecule has 0 radical (unpaired) electrons. The normalized spacial score (nSPS) is 19.8. The molecule has 112 valence electrons. The van der Waals surface area contributed by atoms with E-state index in [1.54, 1.807) is 0 Å². The highest BCUT2D eigenvalue weighted by Crippen LogP contribution is 2.13. The van der Waals surface area contributed by atoms with Crippen LogP contribution < -0.4 is 5.32 Å². The summed E-state index contributed by atoms with van der Waals surface area (Å²) >= 11 is 3.48. The van der Waals surface area contributed by atoms with Crippen LogP contribution in [0.1, 0.15) is 38.7 Å². The summed E-state index contributed by atoms with van der Waals surface area (Å²) < 4.78 is 1.15.